The molecule has 9 rings (SSSR count). The van der Waals surface area contributed by atoms with Gasteiger partial charge in [-0.15, -0.1) is 0 Å². The van der Waals surface area contributed by atoms with Gasteiger partial charge in [0.1, 0.15) is 11.4 Å². The third-order valence-corrected chi connectivity index (χ3v) is 14.1. The summed E-state index contributed by atoms with van der Waals surface area (Å²) in [6, 6.07) is 6.08. The van der Waals surface area contributed by atoms with Gasteiger partial charge in [-0.2, -0.15) is 13.2 Å². The van der Waals surface area contributed by atoms with E-state index in [1.165, 1.54) is 18.2 Å². The van der Waals surface area contributed by atoms with Crippen molar-refractivity contribution >= 4 is 23.5 Å². The third kappa shape index (κ3) is 4.03. The van der Waals surface area contributed by atoms with Crippen molar-refractivity contribution in [3.63, 3.8) is 0 Å². The van der Waals surface area contributed by atoms with Gasteiger partial charge in [-0.05, 0) is 98.9 Å². The van der Waals surface area contributed by atoms with E-state index in [1.807, 2.05) is 11.8 Å². The molecule has 1 aromatic carbocycles. The molecule has 8 atom stereocenters. The van der Waals surface area contributed by atoms with Crippen LogP contribution in [0.25, 0.3) is 11.3 Å². The number of ketones is 1. The molecule has 48 heavy (non-hydrogen) atoms. The highest BCUT2D eigenvalue weighted by atomic mass is 35.5. The number of halogens is 4. The van der Waals surface area contributed by atoms with Crippen LogP contribution in [0, 0.1) is 33.5 Å². The summed E-state index contributed by atoms with van der Waals surface area (Å²) in [4.78, 5) is 29.9. The maximum atomic E-state index is 14.9. The van der Waals surface area contributed by atoms with Crippen molar-refractivity contribution in [2.45, 2.75) is 90.0 Å². The first-order chi connectivity index (χ1) is 22.6. The van der Waals surface area contributed by atoms with Gasteiger partial charge in [-0.25, -0.2) is 4.79 Å². The van der Waals surface area contributed by atoms with E-state index in [2.05, 4.69) is 32.1 Å². The molecular formula is C38H41ClF3NO5. The highest BCUT2D eigenvalue weighted by Crippen LogP contribution is 2.79. The van der Waals surface area contributed by atoms with Crippen LogP contribution in [-0.4, -0.2) is 46.7 Å². The second-order valence-electron chi connectivity index (χ2n) is 15.7. The molecule has 3 spiro atoms. The lowest BCUT2D eigenvalue weighted by molar-refractivity contribution is -0.164. The lowest BCUT2D eigenvalue weighted by Crippen LogP contribution is -2.67. The highest BCUT2D eigenvalue weighted by molar-refractivity contribution is 6.33. The number of nitrogens with zero attached hydrogens (tertiary/aromatic N) is 1. The van der Waals surface area contributed by atoms with Crippen LogP contribution in [0.3, 0.4) is 0 Å². The molecular weight excluding hydrogens is 643 g/mol. The largest absolute Gasteiger partial charge is 0.453 e. The van der Waals surface area contributed by atoms with Crippen molar-refractivity contribution in [1.82, 2.24) is 4.90 Å². The normalized spacial score (nSPS) is 39.7. The topological polar surface area (TPSA) is 80.0 Å². The summed E-state index contributed by atoms with van der Waals surface area (Å²) in [6.45, 7) is 7.80. The number of hydrogen-bond donors (Lipinski definition) is 1. The fourth-order valence-electron chi connectivity index (χ4n) is 11.5. The second kappa shape index (κ2) is 10.3. The van der Waals surface area contributed by atoms with E-state index in [4.69, 9.17) is 20.8 Å². The van der Waals surface area contributed by atoms with Crippen LogP contribution >= 0.6 is 11.6 Å². The zero-order valence-electron chi connectivity index (χ0n) is 27.5. The Bertz CT molecular complexity index is 1780. The van der Waals surface area contributed by atoms with Crippen LogP contribution in [0.15, 0.2) is 58.6 Å². The zero-order valence-corrected chi connectivity index (χ0v) is 28.2. The fourth-order valence-corrected chi connectivity index (χ4v) is 11.7. The highest BCUT2D eigenvalue weighted by Gasteiger charge is 2.76. The molecule has 6 aliphatic carbocycles. The summed E-state index contributed by atoms with van der Waals surface area (Å²) in [7, 11) is 0. The smallest absolute Gasteiger partial charge is 0.416 e. The number of allylic oxidation sites excluding steroid dienone is 4. The number of hydrogen-bond acceptors (Lipinski definition) is 5. The Kier molecular flexibility index (Phi) is 6.87. The van der Waals surface area contributed by atoms with Gasteiger partial charge >= 0.3 is 12.3 Å². The maximum absolute atomic E-state index is 14.9. The number of benzene rings is 1. The molecule has 256 valence electrons. The summed E-state index contributed by atoms with van der Waals surface area (Å²) in [5.74, 6) is -0.0790. The molecule has 3 saturated carbocycles. The second-order valence-corrected chi connectivity index (χ2v) is 16.2. The molecule has 2 aromatic rings. The summed E-state index contributed by atoms with van der Waals surface area (Å²) in [5.41, 5.74) is -2.61. The van der Waals surface area contributed by atoms with E-state index in [0.29, 0.717) is 37.9 Å². The molecule has 10 heteroatoms. The number of aliphatic hydroxyl groups excluding tert-OH is 1. The van der Waals surface area contributed by atoms with Crippen LogP contribution in [0.5, 0.6) is 0 Å². The molecule has 7 aliphatic rings. The van der Waals surface area contributed by atoms with Gasteiger partial charge in [-0.3, -0.25) is 4.79 Å². The van der Waals surface area contributed by atoms with Crippen molar-refractivity contribution in [2.24, 2.45) is 33.5 Å². The number of carbonyl (C=O) groups is 2. The van der Waals surface area contributed by atoms with Crippen LogP contribution in [-0.2, 0) is 10.9 Å². The number of aliphatic hydroxyl groups is 1. The van der Waals surface area contributed by atoms with Crippen LogP contribution < -0.4 is 0 Å². The van der Waals surface area contributed by atoms with E-state index < -0.39 is 39.7 Å². The molecule has 6 nitrogen and oxygen atoms in total. The quantitative estimate of drug-likeness (QED) is 0.251. The first-order valence-electron chi connectivity index (χ1n) is 17.2. The van der Waals surface area contributed by atoms with Crippen molar-refractivity contribution in [3.05, 3.63) is 70.5 Å². The van der Waals surface area contributed by atoms with Gasteiger partial charge < -0.3 is 19.2 Å². The van der Waals surface area contributed by atoms with Gasteiger partial charge in [0.05, 0.1) is 23.2 Å². The number of ether oxygens (including phenoxy) is 1. The summed E-state index contributed by atoms with van der Waals surface area (Å²) < 4.78 is 53.2. The van der Waals surface area contributed by atoms with Crippen molar-refractivity contribution in [3.8, 4) is 11.3 Å². The monoisotopic (exact) mass is 683 g/mol. The third-order valence-electron chi connectivity index (χ3n) is 13.8. The van der Waals surface area contributed by atoms with Crippen molar-refractivity contribution in [1.29, 1.82) is 0 Å². The number of rotatable bonds is 5. The Balaban J connectivity index is 1.24. The van der Waals surface area contributed by atoms with Crippen LogP contribution in [0.2, 0.25) is 5.02 Å². The molecule has 1 N–H and O–H groups in total. The minimum absolute atomic E-state index is 0.00102. The number of carbonyl (C=O) groups excluding carboxylic acids is 2. The average Bonchev–Trinajstić information content (AvgIpc) is 3.72. The van der Waals surface area contributed by atoms with E-state index in [1.54, 1.807) is 0 Å². The molecule has 0 radical (unpaired) electrons. The van der Waals surface area contributed by atoms with E-state index >= 15 is 0 Å². The summed E-state index contributed by atoms with van der Waals surface area (Å²) >= 11 is 6.34. The summed E-state index contributed by atoms with van der Waals surface area (Å²) in [6.07, 6.45) is 7.35. The Labute approximate surface area is 283 Å². The number of Topliss-reactive ketones (excluding diaryl/α,β-unsaturated/α-hetero) is 1. The van der Waals surface area contributed by atoms with Gasteiger partial charge in [0, 0.05) is 33.9 Å². The first kappa shape index (κ1) is 32.2. The SMILES string of the molecule is CCCN1C[C@@]2(CC[C@H]3[C@]45C=C[C@@]6(C=C4C(=O)c4ccc(-c7cc(C(F)(F)F)ccc7Cl)o4)C[C@@H](O)CC[C@]6(C)[C@H]5CC[C@@]32C)OC1=O. The molecule has 1 saturated heterocycles. The van der Waals surface area contributed by atoms with Crippen molar-refractivity contribution in [2.75, 3.05) is 13.1 Å². The predicted octanol–water partition coefficient (Wildman–Crippen LogP) is 9.26. The fraction of sp³-hybridized carbons (Fsp3) is 0.579. The number of alkyl halides is 3. The van der Waals surface area contributed by atoms with Crippen LogP contribution in [0.4, 0.5) is 18.0 Å². The Morgan fingerprint density at radius 1 is 1.04 bits per heavy atom. The number of amides is 1. The Hall–Kier alpha value is -3.04. The van der Waals surface area contributed by atoms with Gasteiger partial charge in [-0.1, -0.05) is 50.6 Å². The number of fused-ring (bicyclic) bond motifs is 2. The predicted molar refractivity (Wildman–Crippen MR) is 173 cm³/mol. The van der Waals surface area contributed by atoms with E-state index in [-0.39, 0.29) is 51.2 Å². The molecule has 2 bridgehead atoms. The minimum Gasteiger partial charge on any atom is -0.453 e. The average molecular weight is 684 g/mol. The Morgan fingerprint density at radius 2 is 1.77 bits per heavy atom. The van der Waals surface area contributed by atoms with Gasteiger partial charge in [0.2, 0.25) is 5.78 Å². The minimum atomic E-state index is -4.57. The zero-order chi connectivity index (χ0) is 34.1. The molecule has 1 amide bonds. The van der Waals surface area contributed by atoms with Gasteiger partial charge in [0.25, 0.3) is 0 Å². The van der Waals surface area contributed by atoms with Crippen molar-refractivity contribution < 1.29 is 37.0 Å². The first-order valence-corrected chi connectivity index (χ1v) is 17.6. The molecule has 0 unspecified atom stereocenters. The lowest BCUT2D eigenvalue weighted by atomic mass is 9.32. The molecule has 4 fully saturated rings. The maximum Gasteiger partial charge on any atom is 0.416 e. The van der Waals surface area contributed by atoms with Crippen LogP contribution in [0.1, 0.15) is 88.3 Å². The number of furan rings is 1. The standard InChI is InChI=1S/C38H41ClF3NO5/c1-4-17-43-21-36(48-32(43)46)14-11-30-34(36,3)13-10-29-33(2)12-9-23(44)19-35(33)15-16-37(29,30)25(20-35)31(45)28-8-7-27(47-28)24-18-22(38(40,41)42)5-6-26(24)39/h5-8,15-16,18,20,23,29-30,44H,4,9-14,17,19,21H2,1-3H3/t23-,29+,30+,33+,34-,35-,36+,37+/m0/s1. The molecule has 2 heterocycles. The van der Waals surface area contributed by atoms with Gasteiger partial charge in [0.15, 0.2) is 5.76 Å². The van der Waals surface area contributed by atoms with E-state index in [9.17, 15) is 27.9 Å². The molecule has 1 aliphatic heterocycles. The summed E-state index contributed by atoms with van der Waals surface area (Å²) in [5, 5.41) is 11.0. The molecule has 1 aromatic heterocycles. The lowest BCUT2D eigenvalue weighted by Gasteiger charge is -2.71. The van der Waals surface area contributed by atoms with E-state index in [0.717, 1.165) is 44.2 Å². The Morgan fingerprint density at radius 3 is 2.52 bits per heavy atom.